The van der Waals surface area contributed by atoms with Crippen molar-refractivity contribution in [3.8, 4) is 0 Å². The van der Waals surface area contributed by atoms with Gasteiger partial charge in [-0.05, 0) is 12.8 Å². The van der Waals surface area contributed by atoms with Crippen molar-refractivity contribution in [3.63, 3.8) is 0 Å². The second-order valence-corrected chi connectivity index (χ2v) is 7.42. The average molecular weight is 282 g/mol. The maximum atomic E-state index is 9.62. The van der Waals surface area contributed by atoms with E-state index in [9.17, 15) is 5.11 Å². The molecule has 0 bridgehead atoms. The van der Waals surface area contributed by atoms with E-state index in [4.69, 9.17) is 4.98 Å². The van der Waals surface area contributed by atoms with Gasteiger partial charge in [-0.3, -0.25) is 0 Å². The van der Waals surface area contributed by atoms with Crippen LogP contribution in [-0.4, -0.2) is 22.7 Å². The monoisotopic (exact) mass is 282 g/mol. The van der Waals surface area contributed by atoms with Gasteiger partial charge in [-0.1, -0.05) is 40.0 Å². The number of thiazole rings is 1. The zero-order valence-electron chi connectivity index (χ0n) is 12.3. The number of nitrogens with zero attached hydrogens (tertiary/aromatic N) is 1. The lowest BCUT2D eigenvalue weighted by molar-refractivity contribution is 0.218. The van der Waals surface area contributed by atoms with Crippen molar-refractivity contribution >= 4 is 11.3 Å². The predicted octanol–water partition coefficient (Wildman–Crippen LogP) is 3.40. The Morgan fingerprint density at radius 2 is 2.05 bits per heavy atom. The standard InChI is InChI=1S/C15H26N2OS/c1-15(2,3)14-17-13(10-19-14)12(9-18)16-11-7-5-4-6-8-11/h10-12,16,18H,4-9H2,1-3H3. The summed E-state index contributed by atoms with van der Waals surface area (Å²) in [5.41, 5.74) is 1.09. The smallest absolute Gasteiger partial charge is 0.0982 e. The van der Waals surface area contributed by atoms with Gasteiger partial charge in [0.1, 0.15) is 0 Å². The third-order valence-corrected chi connectivity index (χ3v) is 5.03. The first-order valence-electron chi connectivity index (χ1n) is 7.33. The van der Waals surface area contributed by atoms with Gasteiger partial charge in [0.2, 0.25) is 0 Å². The van der Waals surface area contributed by atoms with Crippen LogP contribution in [-0.2, 0) is 5.41 Å². The van der Waals surface area contributed by atoms with Crippen LogP contribution in [0.15, 0.2) is 5.38 Å². The van der Waals surface area contributed by atoms with E-state index in [-0.39, 0.29) is 18.1 Å². The third-order valence-electron chi connectivity index (χ3n) is 3.75. The van der Waals surface area contributed by atoms with E-state index in [0.29, 0.717) is 6.04 Å². The van der Waals surface area contributed by atoms with Gasteiger partial charge in [0.15, 0.2) is 0 Å². The fourth-order valence-electron chi connectivity index (χ4n) is 2.58. The highest BCUT2D eigenvalue weighted by Gasteiger charge is 2.23. The quantitative estimate of drug-likeness (QED) is 0.889. The van der Waals surface area contributed by atoms with Crippen LogP contribution >= 0.6 is 11.3 Å². The minimum atomic E-state index is -0.00421. The van der Waals surface area contributed by atoms with E-state index < -0.39 is 0 Å². The molecule has 1 aromatic heterocycles. The summed E-state index contributed by atoms with van der Waals surface area (Å²) in [7, 11) is 0. The van der Waals surface area contributed by atoms with Gasteiger partial charge in [0.25, 0.3) is 0 Å². The summed E-state index contributed by atoms with van der Waals surface area (Å²) in [4.78, 5) is 4.71. The van der Waals surface area contributed by atoms with E-state index in [1.54, 1.807) is 11.3 Å². The minimum absolute atomic E-state index is 0.00421. The number of aliphatic hydroxyl groups is 1. The Morgan fingerprint density at radius 1 is 1.37 bits per heavy atom. The molecule has 1 heterocycles. The van der Waals surface area contributed by atoms with Crippen LogP contribution in [0.1, 0.15) is 69.6 Å². The lowest BCUT2D eigenvalue weighted by atomic mass is 9.94. The van der Waals surface area contributed by atoms with Gasteiger partial charge in [-0.15, -0.1) is 11.3 Å². The molecule has 0 saturated heterocycles. The van der Waals surface area contributed by atoms with Gasteiger partial charge in [0, 0.05) is 16.8 Å². The summed E-state index contributed by atoms with van der Waals surface area (Å²) < 4.78 is 0. The third kappa shape index (κ3) is 4.01. The summed E-state index contributed by atoms with van der Waals surface area (Å²) >= 11 is 1.70. The molecule has 108 valence electrons. The number of hydrogen-bond donors (Lipinski definition) is 2. The molecular weight excluding hydrogens is 256 g/mol. The van der Waals surface area contributed by atoms with Crippen molar-refractivity contribution in [2.75, 3.05) is 6.61 Å². The van der Waals surface area contributed by atoms with Crippen molar-refractivity contribution in [2.45, 2.75) is 70.4 Å². The molecule has 1 saturated carbocycles. The van der Waals surface area contributed by atoms with Crippen molar-refractivity contribution in [1.29, 1.82) is 0 Å². The molecule has 0 amide bonds. The average Bonchev–Trinajstić information content (AvgIpc) is 2.86. The molecule has 2 rings (SSSR count). The molecule has 0 radical (unpaired) electrons. The van der Waals surface area contributed by atoms with Crippen molar-refractivity contribution in [3.05, 3.63) is 16.1 Å². The second-order valence-electron chi connectivity index (χ2n) is 6.56. The fraction of sp³-hybridized carbons (Fsp3) is 0.800. The molecule has 1 aromatic rings. The number of aromatic nitrogens is 1. The van der Waals surface area contributed by atoms with Crippen LogP contribution in [0.2, 0.25) is 0 Å². The van der Waals surface area contributed by atoms with E-state index in [0.717, 1.165) is 10.7 Å². The molecule has 19 heavy (non-hydrogen) atoms. The van der Waals surface area contributed by atoms with Crippen molar-refractivity contribution < 1.29 is 5.11 Å². The maximum Gasteiger partial charge on any atom is 0.0982 e. The second kappa shape index (κ2) is 6.33. The lowest BCUT2D eigenvalue weighted by Crippen LogP contribution is -2.36. The molecule has 1 fully saturated rings. The Bertz CT molecular complexity index is 391. The normalized spacial score (nSPS) is 19.6. The van der Waals surface area contributed by atoms with Gasteiger partial charge in [-0.25, -0.2) is 4.98 Å². The molecule has 3 nitrogen and oxygen atoms in total. The molecule has 1 unspecified atom stereocenters. The molecule has 1 aliphatic rings. The molecule has 1 aliphatic carbocycles. The number of rotatable bonds is 4. The highest BCUT2D eigenvalue weighted by atomic mass is 32.1. The summed E-state index contributed by atoms with van der Waals surface area (Å²) in [6.07, 6.45) is 6.42. The maximum absolute atomic E-state index is 9.62. The van der Waals surface area contributed by atoms with E-state index in [1.165, 1.54) is 32.1 Å². The summed E-state index contributed by atoms with van der Waals surface area (Å²) in [5, 5.41) is 16.4. The van der Waals surface area contributed by atoms with Crippen LogP contribution in [0.4, 0.5) is 0 Å². The van der Waals surface area contributed by atoms with Crippen LogP contribution < -0.4 is 5.32 Å². The summed E-state index contributed by atoms with van der Waals surface area (Å²) in [6.45, 7) is 6.66. The Morgan fingerprint density at radius 3 is 2.58 bits per heavy atom. The number of aliphatic hydroxyl groups excluding tert-OH is 1. The highest BCUT2D eigenvalue weighted by Crippen LogP contribution is 2.28. The fourth-order valence-corrected chi connectivity index (χ4v) is 3.54. The molecular formula is C15H26N2OS. The minimum Gasteiger partial charge on any atom is -0.394 e. The van der Waals surface area contributed by atoms with Crippen LogP contribution in [0.5, 0.6) is 0 Å². The number of nitrogens with one attached hydrogen (secondary N) is 1. The molecule has 2 N–H and O–H groups in total. The lowest BCUT2D eigenvalue weighted by Gasteiger charge is -2.27. The molecule has 0 aromatic carbocycles. The highest BCUT2D eigenvalue weighted by molar-refractivity contribution is 7.09. The topological polar surface area (TPSA) is 45.2 Å². The predicted molar refractivity (Wildman–Crippen MR) is 80.6 cm³/mol. The van der Waals surface area contributed by atoms with Gasteiger partial charge in [-0.2, -0.15) is 0 Å². The van der Waals surface area contributed by atoms with Gasteiger partial charge in [0.05, 0.1) is 23.4 Å². The van der Waals surface area contributed by atoms with E-state index in [2.05, 4.69) is 31.5 Å². The van der Waals surface area contributed by atoms with Gasteiger partial charge >= 0.3 is 0 Å². The first-order valence-corrected chi connectivity index (χ1v) is 8.21. The Kier molecular flexibility index (Phi) is 4.98. The van der Waals surface area contributed by atoms with Crippen LogP contribution in [0.3, 0.4) is 0 Å². The Labute approximate surface area is 120 Å². The molecule has 0 spiro atoms. The summed E-state index contributed by atoms with van der Waals surface area (Å²) in [5.74, 6) is 0. The summed E-state index contributed by atoms with van der Waals surface area (Å²) in [6, 6.07) is 0.543. The first kappa shape index (κ1) is 14.9. The van der Waals surface area contributed by atoms with E-state index in [1.807, 2.05) is 0 Å². The first-order chi connectivity index (χ1) is 9.00. The van der Waals surface area contributed by atoms with Crippen molar-refractivity contribution in [2.24, 2.45) is 0 Å². The van der Waals surface area contributed by atoms with Gasteiger partial charge < -0.3 is 10.4 Å². The molecule has 4 heteroatoms. The van der Waals surface area contributed by atoms with Crippen LogP contribution in [0, 0.1) is 0 Å². The van der Waals surface area contributed by atoms with Crippen LogP contribution in [0.25, 0.3) is 0 Å². The molecule has 1 atom stereocenters. The number of hydrogen-bond acceptors (Lipinski definition) is 4. The zero-order valence-corrected chi connectivity index (χ0v) is 13.1. The Hall–Kier alpha value is -0.450. The SMILES string of the molecule is CC(C)(C)c1nc(C(CO)NC2CCCCC2)cs1. The van der Waals surface area contributed by atoms with E-state index >= 15 is 0 Å². The zero-order chi connectivity index (χ0) is 13.9. The van der Waals surface area contributed by atoms with Crippen molar-refractivity contribution in [1.82, 2.24) is 10.3 Å². The molecule has 0 aliphatic heterocycles. The largest absolute Gasteiger partial charge is 0.394 e. The Balaban J connectivity index is 2.02.